The maximum absolute atomic E-state index is 2.44. The summed E-state index contributed by atoms with van der Waals surface area (Å²) >= 11 is 0. The van der Waals surface area contributed by atoms with Gasteiger partial charge in [-0.3, -0.25) is 0 Å². The van der Waals surface area contributed by atoms with Gasteiger partial charge in [0.05, 0.1) is 0 Å². The molecule has 17 heavy (non-hydrogen) atoms. The topological polar surface area (TPSA) is 6.48 Å². The van der Waals surface area contributed by atoms with Crippen molar-refractivity contribution in [2.24, 2.45) is 0 Å². The predicted octanol–water partition coefficient (Wildman–Crippen LogP) is 3.30. The summed E-state index contributed by atoms with van der Waals surface area (Å²) < 4.78 is 0. The van der Waals surface area contributed by atoms with Crippen LogP contribution in [-0.2, 0) is 6.54 Å². The molecule has 1 aromatic carbocycles. The maximum Gasteiger partial charge on any atom is 0.0381 e. The molecule has 0 unspecified atom stereocenters. The van der Waals surface area contributed by atoms with Crippen molar-refractivity contribution in [2.45, 2.75) is 44.7 Å². The molecule has 0 spiro atoms. The van der Waals surface area contributed by atoms with E-state index in [1.807, 2.05) is 0 Å². The highest BCUT2D eigenvalue weighted by Gasteiger charge is 2.20. The van der Waals surface area contributed by atoms with Crippen LogP contribution in [0.5, 0.6) is 0 Å². The van der Waals surface area contributed by atoms with Crippen molar-refractivity contribution in [3.63, 3.8) is 0 Å². The Morgan fingerprint density at radius 3 is 2.29 bits per heavy atom. The second-order valence-corrected chi connectivity index (χ2v) is 5.17. The highest BCUT2D eigenvalue weighted by Crippen LogP contribution is 2.22. The van der Waals surface area contributed by atoms with Crippen molar-refractivity contribution in [1.82, 2.24) is 10.0 Å². The summed E-state index contributed by atoms with van der Waals surface area (Å²) in [5.41, 5.74) is 1.39. The zero-order chi connectivity index (χ0) is 12.1. The lowest BCUT2D eigenvalue weighted by Gasteiger charge is -2.37. The van der Waals surface area contributed by atoms with E-state index >= 15 is 0 Å². The van der Waals surface area contributed by atoms with Gasteiger partial charge in [-0.25, -0.2) is 10.0 Å². The summed E-state index contributed by atoms with van der Waals surface area (Å²) in [6.07, 6.45) is 6.93. The average molecular weight is 232 g/mol. The minimum absolute atomic E-state index is 0.748. The number of benzene rings is 1. The largest absolute Gasteiger partial charge is 0.242 e. The van der Waals surface area contributed by atoms with Crippen LogP contribution in [0, 0.1) is 0 Å². The van der Waals surface area contributed by atoms with Crippen molar-refractivity contribution >= 4 is 0 Å². The van der Waals surface area contributed by atoms with E-state index in [1.165, 1.54) is 37.7 Å². The molecule has 1 saturated carbocycles. The first-order chi connectivity index (χ1) is 8.27. The Labute approximate surface area is 105 Å². The van der Waals surface area contributed by atoms with Crippen LogP contribution in [0.3, 0.4) is 0 Å². The molecule has 2 rings (SSSR count). The van der Waals surface area contributed by atoms with E-state index in [2.05, 4.69) is 54.4 Å². The molecule has 0 saturated heterocycles. The van der Waals surface area contributed by atoms with Gasteiger partial charge in [0.25, 0.3) is 0 Å². The Morgan fingerprint density at radius 2 is 1.65 bits per heavy atom. The third-order valence-electron chi connectivity index (χ3n) is 3.90. The van der Waals surface area contributed by atoms with Crippen LogP contribution in [0.2, 0.25) is 0 Å². The quantitative estimate of drug-likeness (QED) is 0.735. The summed E-state index contributed by atoms with van der Waals surface area (Å²) in [5.74, 6) is 0. The van der Waals surface area contributed by atoms with Crippen molar-refractivity contribution < 1.29 is 0 Å². The molecule has 0 amide bonds. The van der Waals surface area contributed by atoms with Crippen LogP contribution in [0.1, 0.15) is 37.7 Å². The molecule has 0 radical (unpaired) electrons. The summed E-state index contributed by atoms with van der Waals surface area (Å²) in [7, 11) is 4.43. The third kappa shape index (κ3) is 3.55. The highest BCUT2D eigenvalue weighted by atomic mass is 15.6. The monoisotopic (exact) mass is 232 g/mol. The molecular formula is C15H24N2. The highest BCUT2D eigenvalue weighted by molar-refractivity contribution is 5.14. The SMILES string of the molecule is CN(Cc1ccccc1)N(C)C1CCCCC1. The Hall–Kier alpha value is -0.860. The van der Waals surface area contributed by atoms with Gasteiger partial charge in [-0.2, -0.15) is 0 Å². The van der Waals surface area contributed by atoms with Gasteiger partial charge in [0.2, 0.25) is 0 Å². The van der Waals surface area contributed by atoms with Crippen LogP contribution >= 0.6 is 0 Å². The summed E-state index contributed by atoms with van der Waals surface area (Å²) in [6, 6.07) is 11.5. The molecule has 0 aliphatic heterocycles. The smallest absolute Gasteiger partial charge is 0.0381 e. The molecule has 2 nitrogen and oxygen atoms in total. The minimum atomic E-state index is 0.748. The lowest BCUT2D eigenvalue weighted by atomic mass is 9.95. The van der Waals surface area contributed by atoms with Crippen molar-refractivity contribution in [3.05, 3.63) is 35.9 Å². The van der Waals surface area contributed by atoms with E-state index in [0.29, 0.717) is 0 Å². The summed E-state index contributed by atoms with van der Waals surface area (Å²) in [6.45, 7) is 1.01. The lowest BCUT2D eigenvalue weighted by Crippen LogP contribution is -2.44. The van der Waals surface area contributed by atoms with Gasteiger partial charge in [0.1, 0.15) is 0 Å². The standard InChI is InChI=1S/C15H24N2/c1-16(13-14-9-5-3-6-10-14)17(2)15-11-7-4-8-12-15/h3,5-6,9-10,15H,4,7-8,11-13H2,1-2H3. The van der Waals surface area contributed by atoms with Gasteiger partial charge in [0, 0.05) is 26.7 Å². The molecule has 1 aliphatic rings. The van der Waals surface area contributed by atoms with Crippen molar-refractivity contribution in [2.75, 3.05) is 14.1 Å². The molecule has 0 heterocycles. The second kappa shape index (κ2) is 6.18. The van der Waals surface area contributed by atoms with Crippen molar-refractivity contribution in [3.8, 4) is 0 Å². The first kappa shape index (κ1) is 12.6. The Kier molecular flexibility index (Phi) is 4.57. The second-order valence-electron chi connectivity index (χ2n) is 5.17. The fourth-order valence-corrected chi connectivity index (χ4v) is 2.69. The van der Waals surface area contributed by atoms with Gasteiger partial charge in [-0.05, 0) is 18.4 Å². The predicted molar refractivity (Wildman–Crippen MR) is 72.5 cm³/mol. The van der Waals surface area contributed by atoms with E-state index in [1.54, 1.807) is 0 Å². The molecule has 94 valence electrons. The molecule has 2 heteroatoms. The zero-order valence-corrected chi connectivity index (χ0v) is 11.1. The number of hydrogen-bond acceptors (Lipinski definition) is 2. The molecule has 0 aromatic heterocycles. The van der Waals surface area contributed by atoms with Crippen LogP contribution in [0.4, 0.5) is 0 Å². The minimum Gasteiger partial charge on any atom is -0.242 e. The Balaban J connectivity index is 1.88. The van der Waals surface area contributed by atoms with Crippen LogP contribution in [0.15, 0.2) is 30.3 Å². The fraction of sp³-hybridized carbons (Fsp3) is 0.600. The zero-order valence-electron chi connectivity index (χ0n) is 11.1. The first-order valence-corrected chi connectivity index (χ1v) is 6.75. The van der Waals surface area contributed by atoms with E-state index in [0.717, 1.165) is 12.6 Å². The Bertz CT molecular complexity index is 317. The third-order valence-corrected chi connectivity index (χ3v) is 3.90. The first-order valence-electron chi connectivity index (χ1n) is 6.75. The van der Waals surface area contributed by atoms with Gasteiger partial charge in [-0.15, -0.1) is 0 Å². The Morgan fingerprint density at radius 1 is 1.00 bits per heavy atom. The summed E-state index contributed by atoms with van der Waals surface area (Å²) in [5, 5.41) is 4.79. The van der Waals surface area contributed by atoms with Gasteiger partial charge < -0.3 is 0 Å². The number of rotatable bonds is 4. The normalized spacial score (nSPS) is 17.9. The number of hydrogen-bond donors (Lipinski definition) is 0. The molecule has 1 aromatic rings. The van der Waals surface area contributed by atoms with Crippen LogP contribution in [0.25, 0.3) is 0 Å². The van der Waals surface area contributed by atoms with Gasteiger partial charge in [0.15, 0.2) is 0 Å². The van der Waals surface area contributed by atoms with E-state index in [-0.39, 0.29) is 0 Å². The van der Waals surface area contributed by atoms with E-state index in [9.17, 15) is 0 Å². The van der Waals surface area contributed by atoms with Crippen molar-refractivity contribution in [1.29, 1.82) is 0 Å². The maximum atomic E-state index is 2.44. The molecule has 0 N–H and O–H groups in total. The number of hydrazine groups is 1. The van der Waals surface area contributed by atoms with E-state index < -0.39 is 0 Å². The average Bonchev–Trinajstić information content (AvgIpc) is 2.40. The van der Waals surface area contributed by atoms with E-state index in [4.69, 9.17) is 0 Å². The summed E-state index contributed by atoms with van der Waals surface area (Å²) in [4.78, 5) is 0. The van der Waals surface area contributed by atoms with Crippen LogP contribution in [-0.4, -0.2) is 30.2 Å². The number of nitrogens with zero attached hydrogens (tertiary/aromatic N) is 2. The molecule has 1 fully saturated rings. The molecule has 0 atom stereocenters. The molecule has 0 bridgehead atoms. The molecule has 1 aliphatic carbocycles. The van der Waals surface area contributed by atoms with Gasteiger partial charge >= 0.3 is 0 Å². The lowest BCUT2D eigenvalue weighted by molar-refractivity contribution is -0.0334. The van der Waals surface area contributed by atoms with Crippen LogP contribution < -0.4 is 0 Å². The molecular weight excluding hydrogens is 208 g/mol. The fourth-order valence-electron chi connectivity index (χ4n) is 2.69. The van der Waals surface area contributed by atoms with Gasteiger partial charge in [-0.1, -0.05) is 49.6 Å².